The zero-order valence-corrected chi connectivity index (χ0v) is 7.15. The maximum Gasteiger partial charge on any atom is 0.454 e. The number of rotatable bonds is 1. The molecule has 0 bridgehead atoms. The molecule has 0 aliphatic carbocycles. The van der Waals surface area contributed by atoms with Crippen LogP contribution in [0.2, 0.25) is 0 Å². The second-order valence-electron chi connectivity index (χ2n) is 2.76. The van der Waals surface area contributed by atoms with E-state index in [4.69, 9.17) is 0 Å². The van der Waals surface area contributed by atoms with Crippen LogP contribution >= 0.6 is 0 Å². The number of carbonyl (C=O) groups excluding carboxylic acids is 1. The third-order valence-corrected chi connectivity index (χ3v) is 1.69. The predicted octanol–water partition coefficient (Wildman–Crippen LogP) is 2.88. The summed E-state index contributed by atoms with van der Waals surface area (Å²) in [6.07, 6.45) is -5.03. The molecule has 0 radical (unpaired) electrons. The Morgan fingerprint density at radius 2 is 1.86 bits per heavy atom. The van der Waals surface area contributed by atoms with E-state index >= 15 is 0 Å². The van der Waals surface area contributed by atoms with E-state index in [0.717, 1.165) is 6.07 Å². The van der Waals surface area contributed by atoms with Gasteiger partial charge in [0.1, 0.15) is 5.82 Å². The summed E-state index contributed by atoms with van der Waals surface area (Å²) < 4.78 is 48.9. The molecule has 0 unspecified atom stereocenters. The number of alkyl halides is 3. The van der Waals surface area contributed by atoms with Crippen molar-refractivity contribution in [2.45, 2.75) is 13.1 Å². The van der Waals surface area contributed by atoms with Crippen LogP contribution in [-0.4, -0.2) is 12.0 Å². The summed E-state index contributed by atoms with van der Waals surface area (Å²) in [6.45, 7) is 1.29. The van der Waals surface area contributed by atoms with Crippen LogP contribution in [0, 0.1) is 12.7 Å². The second-order valence-corrected chi connectivity index (χ2v) is 2.76. The first-order chi connectivity index (χ1) is 6.34. The molecular weight excluding hydrogens is 200 g/mol. The molecule has 0 N–H and O–H groups in total. The van der Waals surface area contributed by atoms with Crippen LogP contribution in [0.5, 0.6) is 0 Å². The summed E-state index contributed by atoms with van der Waals surface area (Å²) in [5, 5.41) is 0. The topological polar surface area (TPSA) is 17.1 Å². The molecule has 0 amide bonds. The normalized spacial score (nSPS) is 11.5. The average Bonchev–Trinajstić information content (AvgIpc) is 2.07. The van der Waals surface area contributed by atoms with Gasteiger partial charge in [-0.15, -0.1) is 0 Å². The maximum atomic E-state index is 13.1. The van der Waals surface area contributed by atoms with E-state index in [2.05, 4.69) is 0 Å². The number of benzene rings is 1. The van der Waals surface area contributed by atoms with E-state index < -0.39 is 23.3 Å². The number of hydrogen-bond acceptors (Lipinski definition) is 1. The Balaban J connectivity index is 3.21. The van der Waals surface area contributed by atoms with Crippen molar-refractivity contribution in [1.82, 2.24) is 0 Å². The fourth-order valence-corrected chi connectivity index (χ4v) is 0.975. The Morgan fingerprint density at radius 3 is 2.36 bits per heavy atom. The van der Waals surface area contributed by atoms with Gasteiger partial charge in [-0.1, -0.05) is 12.1 Å². The van der Waals surface area contributed by atoms with Crippen molar-refractivity contribution in [2.24, 2.45) is 0 Å². The molecule has 1 nitrogen and oxygen atoms in total. The van der Waals surface area contributed by atoms with Crippen LogP contribution in [0.25, 0.3) is 0 Å². The number of halogens is 4. The minimum atomic E-state index is -5.03. The Kier molecular flexibility index (Phi) is 2.59. The monoisotopic (exact) mass is 206 g/mol. The SMILES string of the molecule is Cc1cccc(C(=O)C(F)(F)F)c1F. The van der Waals surface area contributed by atoms with E-state index in [1.165, 1.54) is 19.1 Å². The molecule has 1 rings (SSSR count). The van der Waals surface area contributed by atoms with Gasteiger partial charge in [0.2, 0.25) is 0 Å². The van der Waals surface area contributed by atoms with Gasteiger partial charge in [0.25, 0.3) is 5.78 Å². The summed E-state index contributed by atoms with van der Waals surface area (Å²) in [6, 6.07) is 3.32. The molecule has 0 fully saturated rings. The van der Waals surface area contributed by atoms with Gasteiger partial charge in [0, 0.05) is 0 Å². The largest absolute Gasteiger partial charge is 0.454 e. The van der Waals surface area contributed by atoms with E-state index in [1.807, 2.05) is 0 Å². The summed E-state index contributed by atoms with van der Waals surface area (Å²) in [4.78, 5) is 10.7. The first-order valence-corrected chi connectivity index (χ1v) is 3.70. The van der Waals surface area contributed by atoms with Crippen LogP contribution in [0.4, 0.5) is 17.6 Å². The maximum absolute atomic E-state index is 13.1. The molecule has 0 saturated carbocycles. The molecule has 0 saturated heterocycles. The molecule has 0 aliphatic heterocycles. The quantitative estimate of drug-likeness (QED) is 0.510. The molecule has 1 aromatic rings. The zero-order chi connectivity index (χ0) is 10.9. The lowest BCUT2D eigenvalue weighted by atomic mass is 10.1. The Hall–Kier alpha value is -1.39. The van der Waals surface area contributed by atoms with Crippen LogP contribution in [-0.2, 0) is 0 Å². The highest BCUT2D eigenvalue weighted by Gasteiger charge is 2.40. The van der Waals surface area contributed by atoms with Gasteiger partial charge in [0.05, 0.1) is 5.56 Å². The van der Waals surface area contributed by atoms with E-state index in [1.54, 1.807) is 0 Å². The van der Waals surface area contributed by atoms with Gasteiger partial charge < -0.3 is 0 Å². The van der Waals surface area contributed by atoms with Crippen LogP contribution in [0.1, 0.15) is 15.9 Å². The zero-order valence-electron chi connectivity index (χ0n) is 7.15. The van der Waals surface area contributed by atoms with Gasteiger partial charge in [-0.25, -0.2) is 4.39 Å². The lowest BCUT2D eigenvalue weighted by Crippen LogP contribution is -2.24. The summed E-state index contributed by atoms with van der Waals surface area (Å²) in [7, 11) is 0. The molecular formula is C9H6F4O. The van der Waals surface area contributed by atoms with Crippen molar-refractivity contribution in [1.29, 1.82) is 0 Å². The van der Waals surface area contributed by atoms with Crippen molar-refractivity contribution in [3.05, 3.63) is 35.1 Å². The average molecular weight is 206 g/mol. The number of carbonyl (C=O) groups is 1. The van der Waals surface area contributed by atoms with Crippen LogP contribution in [0.3, 0.4) is 0 Å². The van der Waals surface area contributed by atoms with Crippen LogP contribution in [0.15, 0.2) is 18.2 Å². The van der Waals surface area contributed by atoms with Crippen molar-refractivity contribution >= 4 is 5.78 Å². The van der Waals surface area contributed by atoms with Gasteiger partial charge in [0.15, 0.2) is 0 Å². The number of Topliss-reactive ketones (excluding diaryl/α,β-unsaturated/α-hetero) is 1. The first kappa shape index (κ1) is 10.7. The lowest BCUT2D eigenvalue weighted by Gasteiger charge is -2.06. The molecule has 14 heavy (non-hydrogen) atoms. The highest BCUT2D eigenvalue weighted by molar-refractivity contribution is 6.00. The lowest BCUT2D eigenvalue weighted by molar-refractivity contribution is -0.0887. The van der Waals surface area contributed by atoms with Crippen molar-refractivity contribution in [2.75, 3.05) is 0 Å². The number of aryl methyl sites for hydroxylation is 1. The summed E-state index contributed by atoms with van der Waals surface area (Å²) in [5.74, 6) is -3.27. The molecule has 76 valence electrons. The Labute approximate surface area is 77.3 Å². The Bertz CT molecular complexity index is 368. The number of ketones is 1. The van der Waals surface area contributed by atoms with Gasteiger partial charge in [-0.3, -0.25) is 4.79 Å². The van der Waals surface area contributed by atoms with Crippen molar-refractivity contribution < 1.29 is 22.4 Å². The Morgan fingerprint density at radius 1 is 1.29 bits per heavy atom. The molecule has 0 heterocycles. The summed E-state index contributed by atoms with van der Waals surface area (Å²) in [5.41, 5.74) is -0.919. The highest BCUT2D eigenvalue weighted by Crippen LogP contribution is 2.23. The standard InChI is InChI=1S/C9H6F4O/c1-5-3-2-4-6(7(5)10)8(14)9(11,12)13/h2-4H,1H3. The van der Waals surface area contributed by atoms with Crippen molar-refractivity contribution in [3.8, 4) is 0 Å². The van der Waals surface area contributed by atoms with E-state index in [-0.39, 0.29) is 5.56 Å². The molecule has 0 aliphatic rings. The minimum Gasteiger partial charge on any atom is -0.284 e. The van der Waals surface area contributed by atoms with Crippen molar-refractivity contribution in [3.63, 3.8) is 0 Å². The summed E-state index contributed by atoms with van der Waals surface area (Å²) >= 11 is 0. The second kappa shape index (κ2) is 3.40. The molecule has 5 heteroatoms. The third kappa shape index (κ3) is 1.92. The smallest absolute Gasteiger partial charge is 0.284 e. The molecule has 0 spiro atoms. The third-order valence-electron chi connectivity index (χ3n) is 1.69. The molecule has 0 aromatic heterocycles. The van der Waals surface area contributed by atoms with Gasteiger partial charge in [-0.05, 0) is 18.6 Å². The predicted molar refractivity (Wildman–Crippen MR) is 41.5 cm³/mol. The molecule has 0 atom stereocenters. The van der Waals surface area contributed by atoms with E-state index in [0.29, 0.717) is 0 Å². The fourth-order valence-electron chi connectivity index (χ4n) is 0.975. The fraction of sp³-hybridized carbons (Fsp3) is 0.222. The highest BCUT2D eigenvalue weighted by atomic mass is 19.4. The molecule has 1 aromatic carbocycles. The first-order valence-electron chi connectivity index (χ1n) is 3.70. The number of hydrogen-bond donors (Lipinski definition) is 0. The van der Waals surface area contributed by atoms with Gasteiger partial charge in [-0.2, -0.15) is 13.2 Å². The van der Waals surface area contributed by atoms with E-state index in [9.17, 15) is 22.4 Å². The minimum absolute atomic E-state index is 0.0140. The van der Waals surface area contributed by atoms with Gasteiger partial charge >= 0.3 is 6.18 Å². The van der Waals surface area contributed by atoms with Crippen LogP contribution < -0.4 is 0 Å².